The number of nitrogens with one attached hydrogen (secondary N) is 1. The second-order valence-electron chi connectivity index (χ2n) is 4.65. The zero-order valence-corrected chi connectivity index (χ0v) is 12.5. The number of carbonyl (C=O) groups excluding carboxylic acids is 1. The zero-order chi connectivity index (χ0) is 15.1. The molecule has 0 fully saturated rings. The number of aromatic nitrogens is 2. The lowest BCUT2D eigenvalue weighted by atomic mass is 10.3. The third-order valence-corrected chi connectivity index (χ3v) is 3.03. The molecule has 2 aromatic rings. The van der Waals surface area contributed by atoms with Crippen LogP contribution in [0.4, 0.5) is 5.95 Å². The fourth-order valence-electron chi connectivity index (χ4n) is 2.02. The number of carbonyl (C=O) groups is 1. The van der Waals surface area contributed by atoms with Crippen molar-refractivity contribution in [3.8, 4) is 0 Å². The molecule has 0 saturated heterocycles. The number of hydrogen-bond acceptors (Lipinski definition) is 5. The van der Waals surface area contributed by atoms with Crippen LogP contribution in [0.15, 0.2) is 24.3 Å². The first kappa shape index (κ1) is 15.3. The summed E-state index contributed by atoms with van der Waals surface area (Å²) in [6.07, 6.45) is 0.988. The summed E-state index contributed by atoms with van der Waals surface area (Å²) in [6.45, 7) is 3.69. The van der Waals surface area contributed by atoms with Gasteiger partial charge >= 0.3 is 5.97 Å². The third kappa shape index (κ3) is 3.95. The van der Waals surface area contributed by atoms with Crippen LogP contribution in [-0.4, -0.2) is 42.4 Å². The Bertz CT molecular complexity index is 595. The molecule has 0 unspecified atom stereocenters. The highest BCUT2D eigenvalue weighted by Crippen LogP contribution is 2.19. The van der Waals surface area contributed by atoms with Crippen molar-refractivity contribution >= 4 is 23.0 Å². The molecule has 1 aromatic carbocycles. The smallest absolute Gasteiger partial charge is 0.326 e. The van der Waals surface area contributed by atoms with Crippen LogP contribution in [0.25, 0.3) is 11.0 Å². The molecule has 1 aromatic heterocycles. The summed E-state index contributed by atoms with van der Waals surface area (Å²) >= 11 is 0. The second kappa shape index (κ2) is 7.64. The van der Waals surface area contributed by atoms with Gasteiger partial charge in [0.25, 0.3) is 0 Å². The van der Waals surface area contributed by atoms with E-state index in [2.05, 4.69) is 17.2 Å². The van der Waals surface area contributed by atoms with Gasteiger partial charge in [0.1, 0.15) is 13.2 Å². The molecule has 6 nitrogen and oxygen atoms in total. The molecular formula is C15H21N3O3. The van der Waals surface area contributed by atoms with Crippen molar-refractivity contribution in [2.75, 3.05) is 32.2 Å². The minimum absolute atomic E-state index is 0.135. The number of nitrogens with zero attached hydrogens (tertiary/aromatic N) is 2. The van der Waals surface area contributed by atoms with Crippen LogP contribution in [0.2, 0.25) is 0 Å². The molecule has 21 heavy (non-hydrogen) atoms. The predicted molar refractivity (Wildman–Crippen MR) is 81.3 cm³/mol. The molecule has 0 aliphatic rings. The standard InChI is InChI=1S/C15H21N3O3/c1-3-8-16-15-17-12-6-4-5-7-13(12)18(15)11-14(19)21-10-9-20-2/h4-7H,3,8-11H2,1-2H3,(H,16,17). The number of fused-ring (bicyclic) bond motifs is 1. The average molecular weight is 291 g/mol. The molecule has 0 atom stereocenters. The molecule has 6 heteroatoms. The van der Waals surface area contributed by atoms with Gasteiger partial charge in [0.2, 0.25) is 5.95 Å². The lowest BCUT2D eigenvalue weighted by Crippen LogP contribution is -2.18. The molecule has 0 saturated carbocycles. The highest BCUT2D eigenvalue weighted by atomic mass is 16.6. The fraction of sp³-hybridized carbons (Fsp3) is 0.467. The first-order chi connectivity index (χ1) is 10.3. The van der Waals surface area contributed by atoms with Gasteiger partial charge in [-0.2, -0.15) is 0 Å². The maximum absolute atomic E-state index is 11.9. The highest BCUT2D eigenvalue weighted by Gasteiger charge is 2.13. The Morgan fingerprint density at radius 3 is 2.90 bits per heavy atom. The van der Waals surface area contributed by atoms with E-state index < -0.39 is 0 Å². The number of methoxy groups -OCH3 is 1. The van der Waals surface area contributed by atoms with Gasteiger partial charge in [-0.15, -0.1) is 0 Å². The fourth-order valence-corrected chi connectivity index (χ4v) is 2.02. The monoisotopic (exact) mass is 291 g/mol. The van der Waals surface area contributed by atoms with Crippen LogP contribution in [-0.2, 0) is 20.8 Å². The van der Waals surface area contributed by atoms with Crippen LogP contribution in [0.5, 0.6) is 0 Å². The summed E-state index contributed by atoms with van der Waals surface area (Å²) in [5, 5.41) is 3.24. The maximum atomic E-state index is 11.9. The van der Waals surface area contributed by atoms with E-state index >= 15 is 0 Å². The summed E-state index contributed by atoms with van der Waals surface area (Å²) < 4.78 is 11.8. The van der Waals surface area contributed by atoms with Crippen molar-refractivity contribution in [2.24, 2.45) is 0 Å². The Morgan fingerprint density at radius 2 is 2.14 bits per heavy atom. The minimum Gasteiger partial charge on any atom is -0.462 e. The van der Waals surface area contributed by atoms with E-state index in [0.29, 0.717) is 12.6 Å². The van der Waals surface area contributed by atoms with Gasteiger partial charge in [-0.1, -0.05) is 19.1 Å². The summed E-state index contributed by atoms with van der Waals surface area (Å²) in [6, 6.07) is 7.74. The Labute approximate surface area is 124 Å². The average Bonchev–Trinajstić information content (AvgIpc) is 2.83. The quantitative estimate of drug-likeness (QED) is 0.595. The van der Waals surface area contributed by atoms with E-state index in [1.54, 1.807) is 7.11 Å². The normalized spacial score (nSPS) is 10.8. The van der Waals surface area contributed by atoms with Gasteiger partial charge in [-0.25, -0.2) is 4.98 Å². The molecule has 0 bridgehead atoms. The van der Waals surface area contributed by atoms with Crippen LogP contribution in [0.3, 0.4) is 0 Å². The topological polar surface area (TPSA) is 65.4 Å². The van der Waals surface area contributed by atoms with E-state index in [1.165, 1.54) is 0 Å². The van der Waals surface area contributed by atoms with Gasteiger partial charge in [-0.05, 0) is 18.6 Å². The number of esters is 1. The molecule has 1 N–H and O–H groups in total. The molecule has 0 spiro atoms. The predicted octanol–water partition coefficient (Wildman–Crippen LogP) is 2.05. The molecule has 1 heterocycles. The van der Waals surface area contributed by atoms with Crippen LogP contribution >= 0.6 is 0 Å². The summed E-state index contributed by atoms with van der Waals surface area (Å²) in [5.41, 5.74) is 1.78. The number of hydrogen-bond donors (Lipinski definition) is 1. The van der Waals surface area contributed by atoms with Gasteiger partial charge < -0.3 is 14.8 Å². The Kier molecular flexibility index (Phi) is 5.57. The van der Waals surface area contributed by atoms with E-state index in [1.807, 2.05) is 28.8 Å². The number of para-hydroxylation sites is 2. The second-order valence-corrected chi connectivity index (χ2v) is 4.65. The SMILES string of the molecule is CCCNc1nc2ccccc2n1CC(=O)OCCOC. The van der Waals surface area contributed by atoms with Gasteiger partial charge in [-0.3, -0.25) is 9.36 Å². The first-order valence-electron chi connectivity index (χ1n) is 7.10. The lowest BCUT2D eigenvalue weighted by molar-refractivity contribution is -0.145. The molecule has 114 valence electrons. The molecule has 0 radical (unpaired) electrons. The Balaban J connectivity index is 2.17. The Hall–Kier alpha value is -2.08. The Morgan fingerprint density at radius 1 is 1.33 bits per heavy atom. The van der Waals surface area contributed by atoms with Crippen LogP contribution in [0.1, 0.15) is 13.3 Å². The van der Waals surface area contributed by atoms with Crippen molar-refractivity contribution in [2.45, 2.75) is 19.9 Å². The van der Waals surface area contributed by atoms with Crippen molar-refractivity contribution in [3.05, 3.63) is 24.3 Å². The number of rotatable bonds is 8. The van der Waals surface area contributed by atoms with Crippen molar-refractivity contribution in [1.29, 1.82) is 0 Å². The van der Waals surface area contributed by atoms with E-state index in [0.717, 1.165) is 24.0 Å². The van der Waals surface area contributed by atoms with Crippen LogP contribution in [0, 0.1) is 0 Å². The number of ether oxygens (including phenoxy) is 2. The maximum Gasteiger partial charge on any atom is 0.326 e. The van der Waals surface area contributed by atoms with Gasteiger partial charge in [0, 0.05) is 13.7 Å². The summed E-state index contributed by atoms with van der Waals surface area (Å²) in [7, 11) is 1.57. The summed E-state index contributed by atoms with van der Waals surface area (Å²) in [4.78, 5) is 16.4. The summed E-state index contributed by atoms with van der Waals surface area (Å²) in [5.74, 6) is 0.400. The molecule has 0 aliphatic heterocycles. The number of anilines is 1. The minimum atomic E-state index is -0.297. The molecule has 0 amide bonds. The molecule has 0 aliphatic carbocycles. The third-order valence-electron chi connectivity index (χ3n) is 3.03. The van der Waals surface area contributed by atoms with Crippen molar-refractivity contribution in [3.63, 3.8) is 0 Å². The number of imidazole rings is 1. The number of benzene rings is 1. The van der Waals surface area contributed by atoms with Crippen molar-refractivity contribution in [1.82, 2.24) is 9.55 Å². The first-order valence-corrected chi connectivity index (χ1v) is 7.10. The van der Waals surface area contributed by atoms with Gasteiger partial charge in [0.05, 0.1) is 17.6 Å². The van der Waals surface area contributed by atoms with E-state index in [9.17, 15) is 4.79 Å². The van der Waals surface area contributed by atoms with Crippen molar-refractivity contribution < 1.29 is 14.3 Å². The largest absolute Gasteiger partial charge is 0.462 e. The zero-order valence-electron chi connectivity index (χ0n) is 12.5. The van der Waals surface area contributed by atoms with E-state index in [4.69, 9.17) is 9.47 Å². The van der Waals surface area contributed by atoms with E-state index in [-0.39, 0.29) is 19.1 Å². The highest BCUT2D eigenvalue weighted by molar-refractivity contribution is 5.81. The molecule has 2 rings (SSSR count). The molecular weight excluding hydrogens is 270 g/mol. The lowest BCUT2D eigenvalue weighted by Gasteiger charge is -2.10. The van der Waals surface area contributed by atoms with Gasteiger partial charge in [0.15, 0.2) is 0 Å². The van der Waals surface area contributed by atoms with Crippen LogP contribution < -0.4 is 5.32 Å².